The van der Waals surface area contributed by atoms with Crippen LogP contribution in [-0.2, 0) is 11.2 Å². The number of nitrogens with two attached hydrogens (primary N) is 1. The summed E-state index contributed by atoms with van der Waals surface area (Å²) in [6.45, 7) is 3.26. The van der Waals surface area contributed by atoms with Gasteiger partial charge in [0.15, 0.2) is 0 Å². The van der Waals surface area contributed by atoms with Crippen LogP contribution in [0, 0.1) is 5.92 Å². The Labute approximate surface area is 125 Å². The molecule has 112 valence electrons. The van der Waals surface area contributed by atoms with Gasteiger partial charge < -0.3 is 15.6 Å². The molecule has 1 fully saturated rings. The molecule has 0 bridgehead atoms. The summed E-state index contributed by atoms with van der Waals surface area (Å²) < 4.78 is 0. The molecule has 1 amide bonds. The van der Waals surface area contributed by atoms with Crippen LogP contribution in [-0.4, -0.2) is 35.4 Å². The number of para-hydroxylation sites is 1. The Morgan fingerprint density at radius 3 is 2.81 bits per heavy atom. The number of likely N-dealkylation sites (tertiary alicyclic amines) is 1. The summed E-state index contributed by atoms with van der Waals surface area (Å²) in [5.74, 6) is 0.332. The van der Waals surface area contributed by atoms with Crippen LogP contribution in [0.3, 0.4) is 0 Å². The number of nitrogens with zero attached hydrogens (tertiary/aromatic N) is 1. The minimum atomic E-state index is -0.160. The lowest BCUT2D eigenvalue weighted by molar-refractivity contribution is -0.119. The van der Waals surface area contributed by atoms with Crippen molar-refractivity contribution >= 4 is 16.8 Å². The average Bonchev–Trinajstić information content (AvgIpc) is 2.89. The van der Waals surface area contributed by atoms with E-state index in [9.17, 15) is 4.79 Å². The fraction of sp³-hybridized carbons (Fsp3) is 0.471. The SMILES string of the molecule is NC(=O)CC1CCN(CCc2c[nH]c3ccccc23)CC1. The Bertz CT molecular complexity index is 611. The third kappa shape index (κ3) is 3.45. The molecule has 1 aromatic carbocycles. The van der Waals surface area contributed by atoms with Crippen molar-refractivity contribution in [3.05, 3.63) is 36.0 Å². The van der Waals surface area contributed by atoms with Crippen LogP contribution in [0.4, 0.5) is 0 Å². The van der Waals surface area contributed by atoms with Gasteiger partial charge in [-0.1, -0.05) is 18.2 Å². The van der Waals surface area contributed by atoms with Gasteiger partial charge in [0.2, 0.25) is 5.91 Å². The third-order valence-corrected chi connectivity index (χ3v) is 4.57. The van der Waals surface area contributed by atoms with Crippen LogP contribution in [0.2, 0.25) is 0 Å². The number of benzene rings is 1. The van der Waals surface area contributed by atoms with Crippen molar-refractivity contribution < 1.29 is 4.79 Å². The van der Waals surface area contributed by atoms with Crippen molar-refractivity contribution in [1.29, 1.82) is 0 Å². The first-order chi connectivity index (χ1) is 10.2. The van der Waals surface area contributed by atoms with E-state index in [2.05, 4.69) is 40.3 Å². The zero-order valence-corrected chi connectivity index (χ0v) is 12.3. The second-order valence-electron chi connectivity index (χ2n) is 6.06. The molecule has 0 atom stereocenters. The van der Waals surface area contributed by atoms with Gasteiger partial charge in [0.05, 0.1) is 0 Å². The van der Waals surface area contributed by atoms with Gasteiger partial charge in [-0.2, -0.15) is 0 Å². The molecule has 1 aliphatic rings. The third-order valence-electron chi connectivity index (χ3n) is 4.57. The molecule has 0 unspecified atom stereocenters. The van der Waals surface area contributed by atoms with E-state index in [0.29, 0.717) is 12.3 Å². The van der Waals surface area contributed by atoms with Crippen LogP contribution < -0.4 is 5.73 Å². The zero-order valence-electron chi connectivity index (χ0n) is 12.3. The van der Waals surface area contributed by atoms with Gasteiger partial charge in [-0.15, -0.1) is 0 Å². The predicted molar refractivity (Wildman–Crippen MR) is 85.0 cm³/mol. The molecule has 0 radical (unpaired) electrons. The quantitative estimate of drug-likeness (QED) is 0.885. The number of carbonyl (C=O) groups is 1. The number of carbonyl (C=O) groups excluding carboxylic acids is 1. The first-order valence-electron chi connectivity index (χ1n) is 7.78. The molecule has 0 saturated carbocycles. The Morgan fingerprint density at radius 2 is 2.05 bits per heavy atom. The van der Waals surface area contributed by atoms with Gasteiger partial charge in [0.1, 0.15) is 0 Å². The topological polar surface area (TPSA) is 62.1 Å². The highest BCUT2D eigenvalue weighted by Gasteiger charge is 2.20. The number of hydrogen-bond donors (Lipinski definition) is 2. The van der Waals surface area contributed by atoms with Gasteiger partial charge in [-0.25, -0.2) is 0 Å². The first kappa shape index (κ1) is 14.1. The van der Waals surface area contributed by atoms with Crippen molar-refractivity contribution in [2.24, 2.45) is 11.7 Å². The second-order valence-corrected chi connectivity index (χ2v) is 6.06. The largest absolute Gasteiger partial charge is 0.370 e. The molecule has 2 heterocycles. The molecule has 1 aromatic heterocycles. The summed E-state index contributed by atoms with van der Waals surface area (Å²) in [6.07, 6.45) is 5.94. The molecule has 4 heteroatoms. The molecule has 3 N–H and O–H groups in total. The Hall–Kier alpha value is -1.81. The molecule has 3 rings (SSSR count). The van der Waals surface area contributed by atoms with Crippen molar-refractivity contribution in [1.82, 2.24) is 9.88 Å². The number of H-pyrrole nitrogens is 1. The van der Waals surface area contributed by atoms with E-state index in [1.807, 2.05) is 0 Å². The van der Waals surface area contributed by atoms with Crippen LogP contribution >= 0.6 is 0 Å². The lowest BCUT2D eigenvalue weighted by atomic mass is 9.93. The van der Waals surface area contributed by atoms with Crippen molar-refractivity contribution in [3.8, 4) is 0 Å². The van der Waals surface area contributed by atoms with Gasteiger partial charge in [0.25, 0.3) is 0 Å². The maximum Gasteiger partial charge on any atom is 0.217 e. The van der Waals surface area contributed by atoms with Crippen LogP contribution in [0.5, 0.6) is 0 Å². The Morgan fingerprint density at radius 1 is 1.29 bits per heavy atom. The number of primary amides is 1. The summed E-state index contributed by atoms with van der Waals surface area (Å²) >= 11 is 0. The minimum Gasteiger partial charge on any atom is -0.370 e. The van der Waals surface area contributed by atoms with Gasteiger partial charge >= 0.3 is 0 Å². The van der Waals surface area contributed by atoms with Crippen LogP contribution in [0.25, 0.3) is 10.9 Å². The van der Waals surface area contributed by atoms with Gasteiger partial charge in [-0.3, -0.25) is 4.79 Å². The molecular formula is C17H23N3O. The van der Waals surface area contributed by atoms with Crippen molar-refractivity contribution in [2.45, 2.75) is 25.7 Å². The van der Waals surface area contributed by atoms with Crippen LogP contribution in [0.15, 0.2) is 30.5 Å². The minimum absolute atomic E-state index is 0.160. The number of rotatable bonds is 5. The number of aromatic nitrogens is 1. The summed E-state index contributed by atoms with van der Waals surface area (Å²) in [5.41, 5.74) is 7.89. The maximum absolute atomic E-state index is 11.0. The number of amides is 1. The Kier molecular flexibility index (Phi) is 4.25. The zero-order chi connectivity index (χ0) is 14.7. The molecule has 1 saturated heterocycles. The van der Waals surface area contributed by atoms with E-state index >= 15 is 0 Å². The molecule has 4 nitrogen and oxygen atoms in total. The van der Waals surface area contributed by atoms with Crippen molar-refractivity contribution in [2.75, 3.05) is 19.6 Å². The van der Waals surface area contributed by atoms with E-state index in [0.717, 1.165) is 38.9 Å². The maximum atomic E-state index is 11.0. The molecule has 0 spiro atoms. The summed E-state index contributed by atoms with van der Waals surface area (Å²) in [7, 11) is 0. The standard InChI is InChI=1S/C17H23N3O/c18-17(21)11-13-5-8-20(9-6-13)10-7-14-12-19-16-4-2-1-3-15(14)16/h1-4,12-13,19H,5-11H2,(H2,18,21). The number of fused-ring (bicyclic) bond motifs is 1. The smallest absolute Gasteiger partial charge is 0.217 e. The highest BCUT2D eigenvalue weighted by Crippen LogP contribution is 2.22. The summed E-state index contributed by atoms with van der Waals surface area (Å²) in [5, 5.41) is 1.33. The summed E-state index contributed by atoms with van der Waals surface area (Å²) in [4.78, 5) is 16.8. The molecule has 0 aliphatic carbocycles. The average molecular weight is 285 g/mol. The lowest BCUT2D eigenvalue weighted by Gasteiger charge is -2.31. The van der Waals surface area contributed by atoms with E-state index in [4.69, 9.17) is 5.73 Å². The molecular weight excluding hydrogens is 262 g/mol. The van der Waals surface area contributed by atoms with E-state index in [1.165, 1.54) is 16.5 Å². The lowest BCUT2D eigenvalue weighted by Crippen LogP contribution is -2.36. The first-order valence-corrected chi connectivity index (χ1v) is 7.78. The normalized spacial score (nSPS) is 17.3. The number of nitrogens with one attached hydrogen (secondary N) is 1. The summed E-state index contributed by atoms with van der Waals surface area (Å²) in [6, 6.07) is 8.45. The molecule has 1 aliphatic heterocycles. The fourth-order valence-electron chi connectivity index (χ4n) is 3.32. The van der Waals surface area contributed by atoms with Gasteiger partial charge in [-0.05, 0) is 49.9 Å². The van der Waals surface area contributed by atoms with E-state index < -0.39 is 0 Å². The van der Waals surface area contributed by atoms with Gasteiger partial charge in [0, 0.05) is 30.1 Å². The highest BCUT2D eigenvalue weighted by atomic mass is 16.1. The monoisotopic (exact) mass is 285 g/mol. The fourth-order valence-corrected chi connectivity index (χ4v) is 3.32. The van der Waals surface area contributed by atoms with Crippen LogP contribution in [0.1, 0.15) is 24.8 Å². The number of piperidine rings is 1. The Balaban J connectivity index is 1.51. The highest BCUT2D eigenvalue weighted by molar-refractivity contribution is 5.83. The van der Waals surface area contributed by atoms with Crippen molar-refractivity contribution in [3.63, 3.8) is 0 Å². The van der Waals surface area contributed by atoms with E-state index in [-0.39, 0.29) is 5.91 Å². The second kappa shape index (κ2) is 6.31. The number of hydrogen-bond acceptors (Lipinski definition) is 2. The molecule has 2 aromatic rings. The predicted octanol–water partition coefficient (Wildman–Crippen LogP) is 2.30. The van der Waals surface area contributed by atoms with E-state index in [1.54, 1.807) is 0 Å². The number of aromatic amines is 1. The molecule has 21 heavy (non-hydrogen) atoms.